The molecule has 1 aromatic carbocycles. The van der Waals surface area contributed by atoms with Crippen LogP contribution in [0, 0.1) is 0 Å². The van der Waals surface area contributed by atoms with Crippen molar-refractivity contribution in [2.75, 3.05) is 33.2 Å². The first kappa shape index (κ1) is 25.1. The van der Waals surface area contributed by atoms with E-state index in [0.717, 1.165) is 38.2 Å². The fourth-order valence-electron chi connectivity index (χ4n) is 3.90. The molecule has 1 aromatic rings. The predicted molar refractivity (Wildman–Crippen MR) is 124 cm³/mol. The van der Waals surface area contributed by atoms with Crippen LogP contribution in [-0.2, 0) is 5.41 Å². The largest absolute Gasteiger partial charge is 0.356 e. The van der Waals surface area contributed by atoms with Crippen LogP contribution in [0.1, 0.15) is 45.1 Å². The fraction of sp³-hybridized carbons (Fsp3) is 0.667. The molecule has 1 fully saturated rings. The number of aliphatic imine (C=N–C) groups is 1. The van der Waals surface area contributed by atoms with Gasteiger partial charge >= 0.3 is 0 Å². The Morgan fingerprint density at radius 2 is 1.79 bits per heavy atom. The second-order valence-electron chi connectivity index (χ2n) is 7.39. The highest BCUT2D eigenvalue weighted by molar-refractivity contribution is 14.0. The summed E-state index contributed by atoms with van der Waals surface area (Å²) in [5.74, 6) is 0.796. The first-order valence-electron chi connectivity index (χ1n) is 10.1. The van der Waals surface area contributed by atoms with Crippen LogP contribution in [-0.4, -0.2) is 56.6 Å². The van der Waals surface area contributed by atoms with Gasteiger partial charge in [0.1, 0.15) is 0 Å². The van der Waals surface area contributed by atoms with Crippen molar-refractivity contribution in [3.8, 4) is 0 Å². The number of likely N-dealkylation sites (tertiary alicyclic amines) is 1. The zero-order chi connectivity index (χ0) is 19.7. The molecule has 7 heteroatoms. The summed E-state index contributed by atoms with van der Waals surface area (Å²) in [4.78, 5) is 6.22. The molecule has 2 N–H and O–H groups in total. The van der Waals surface area contributed by atoms with Gasteiger partial charge in [0.05, 0.1) is 6.54 Å². The molecule has 2 rings (SSSR count). The summed E-state index contributed by atoms with van der Waals surface area (Å²) < 4.78 is 25.0. The van der Waals surface area contributed by atoms with Crippen molar-refractivity contribution in [1.29, 1.82) is 0 Å². The molecule has 1 aliphatic heterocycles. The molecule has 0 bridgehead atoms. The molecule has 0 amide bonds. The summed E-state index contributed by atoms with van der Waals surface area (Å²) in [5.41, 5.74) is 1.41. The number of nitrogens with one attached hydrogen (secondary N) is 2. The first-order chi connectivity index (χ1) is 13.0. The van der Waals surface area contributed by atoms with Crippen molar-refractivity contribution in [1.82, 2.24) is 15.5 Å². The van der Waals surface area contributed by atoms with E-state index in [9.17, 15) is 8.78 Å². The van der Waals surface area contributed by atoms with E-state index in [4.69, 9.17) is 0 Å². The summed E-state index contributed by atoms with van der Waals surface area (Å²) in [6.45, 7) is 6.56. The van der Waals surface area contributed by atoms with Gasteiger partial charge in [0.2, 0.25) is 0 Å². The number of hydrogen-bond donors (Lipinski definition) is 2. The van der Waals surface area contributed by atoms with Gasteiger partial charge in [-0.05, 0) is 31.2 Å². The van der Waals surface area contributed by atoms with Gasteiger partial charge in [0.15, 0.2) is 5.96 Å². The first-order valence-corrected chi connectivity index (χ1v) is 10.1. The molecule has 1 saturated heterocycles. The monoisotopic (exact) mass is 508 g/mol. The lowest BCUT2D eigenvalue weighted by Crippen LogP contribution is -2.51. The van der Waals surface area contributed by atoms with Crippen LogP contribution in [0.2, 0.25) is 0 Å². The van der Waals surface area contributed by atoms with E-state index in [1.165, 1.54) is 5.56 Å². The summed E-state index contributed by atoms with van der Waals surface area (Å²) >= 11 is 0. The molecule has 0 radical (unpaired) electrons. The minimum atomic E-state index is -2.25. The summed E-state index contributed by atoms with van der Waals surface area (Å²) in [6.07, 6.45) is 1.56. The van der Waals surface area contributed by atoms with Crippen molar-refractivity contribution >= 4 is 29.9 Å². The van der Waals surface area contributed by atoms with Crippen LogP contribution in [0.25, 0.3) is 0 Å². The molecule has 1 aliphatic rings. The third-order valence-electron chi connectivity index (χ3n) is 5.88. The van der Waals surface area contributed by atoms with E-state index in [-0.39, 0.29) is 42.0 Å². The van der Waals surface area contributed by atoms with E-state index in [1.807, 2.05) is 11.0 Å². The number of nitrogens with zero attached hydrogens (tertiary/aromatic N) is 2. The number of hydrogen-bond acceptors (Lipinski definition) is 2. The van der Waals surface area contributed by atoms with Gasteiger partial charge in [-0.25, -0.2) is 8.78 Å². The Balaban J connectivity index is 0.00000392. The Bertz CT molecular complexity index is 571. The number of piperidine rings is 1. The smallest absolute Gasteiger partial charge is 0.251 e. The average Bonchev–Trinajstić information content (AvgIpc) is 2.70. The molecule has 0 saturated carbocycles. The van der Waals surface area contributed by atoms with Crippen molar-refractivity contribution < 1.29 is 8.78 Å². The summed E-state index contributed by atoms with van der Waals surface area (Å²) in [5, 5.41) is 6.98. The van der Waals surface area contributed by atoms with Crippen molar-refractivity contribution in [2.45, 2.75) is 57.4 Å². The molecular formula is C21H35F2IN4. The number of halogens is 3. The molecule has 0 unspecified atom stereocenters. The van der Waals surface area contributed by atoms with Crippen molar-refractivity contribution in [2.24, 2.45) is 4.99 Å². The second kappa shape index (κ2) is 12.6. The highest BCUT2D eigenvalue weighted by Crippen LogP contribution is 2.30. The van der Waals surface area contributed by atoms with Crippen LogP contribution in [0.3, 0.4) is 0 Å². The Hall–Kier alpha value is -0.960. The van der Waals surface area contributed by atoms with Gasteiger partial charge in [-0.1, -0.05) is 44.2 Å². The summed E-state index contributed by atoms with van der Waals surface area (Å²) in [7, 11) is 1.78. The lowest BCUT2D eigenvalue weighted by Gasteiger charge is -2.35. The van der Waals surface area contributed by atoms with Crippen molar-refractivity contribution in [3.63, 3.8) is 0 Å². The zero-order valence-electron chi connectivity index (χ0n) is 17.3. The van der Waals surface area contributed by atoms with Gasteiger partial charge in [-0.15, -0.1) is 24.0 Å². The van der Waals surface area contributed by atoms with E-state index in [2.05, 4.69) is 53.7 Å². The molecule has 160 valence electrons. The number of guanidine groups is 1. The third kappa shape index (κ3) is 7.13. The predicted octanol–water partition coefficient (Wildman–Crippen LogP) is 4.26. The maximum absolute atomic E-state index is 12.5. The highest BCUT2D eigenvalue weighted by atomic mass is 127. The molecule has 1 heterocycles. The maximum atomic E-state index is 12.5. The van der Waals surface area contributed by atoms with E-state index in [0.29, 0.717) is 13.1 Å². The quantitative estimate of drug-likeness (QED) is 0.313. The lowest BCUT2D eigenvalue weighted by molar-refractivity contribution is 0.0744. The fourth-order valence-corrected chi connectivity index (χ4v) is 3.90. The molecule has 0 atom stereocenters. The van der Waals surface area contributed by atoms with E-state index in [1.54, 1.807) is 7.05 Å². The topological polar surface area (TPSA) is 39.7 Å². The van der Waals surface area contributed by atoms with Crippen LogP contribution in [0.5, 0.6) is 0 Å². The lowest BCUT2D eigenvalue weighted by atomic mass is 9.76. The SMILES string of the molecule is CCC(CC)(CNC(=NC)NC1CCN(CC(F)F)CC1)c1ccccc1.I. The molecule has 0 spiro atoms. The number of benzene rings is 1. The van der Waals surface area contributed by atoms with Crippen molar-refractivity contribution in [3.05, 3.63) is 35.9 Å². The number of alkyl halides is 2. The number of rotatable bonds is 8. The van der Waals surface area contributed by atoms with Gasteiger partial charge in [-0.2, -0.15) is 0 Å². The van der Waals surface area contributed by atoms with Crippen LogP contribution < -0.4 is 10.6 Å². The second-order valence-corrected chi connectivity index (χ2v) is 7.39. The Morgan fingerprint density at radius 1 is 1.18 bits per heavy atom. The van der Waals surface area contributed by atoms with Crippen LogP contribution in [0.15, 0.2) is 35.3 Å². The van der Waals surface area contributed by atoms with Gasteiger partial charge in [0.25, 0.3) is 6.43 Å². The molecule has 0 aliphatic carbocycles. The Labute approximate surface area is 185 Å². The molecule has 0 aromatic heterocycles. The average molecular weight is 508 g/mol. The minimum absolute atomic E-state index is 0. The Kier molecular flexibility index (Phi) is 11.3. The Morgan fingerprint density at radius 3 is 2.29 bits per heavy atom. The van der Waals surface area contributed by atoms with Gasteiger partial charge in [0, 0.05) is 38.1 Å². The van der Waals surface area contributed by atoms with E-state index >= 15 is 0 Å². The zero-order valence-corrected chi connectivity index (χ0v) is 19.6. The van der Waals surface area contributed by atoms with Gasteiger partial charge < -0.3 is 10.6 Å². The maximum Gasteiger partial charge on any atom is 0.251 e. The minimum Gasteiger partial charge on any atom is -0.356 e. The normalized spacial score (nSPS) is 16.7. The molecule has 28 heavy (non-hydrogen) atoms. The van der Waals surface area contributed by atoms with Crippen LogP contribution >= 0.6 is 24.0 Å². The standard InChI is InChI=1S/C21H34F2N4.HI/c1-4-21(5-2,17-9-7-6-8-10-17)16-25-20(24-3)26-18-11-13-27(14-12-18)15-19(22)23;/h6-10,18-19H,4-5,11-16H2,1-3H3,(H2,24,25,26);1H. The third-order valence-corrected chi connectivity index (χ3v) is 5.88. The van der Waals surface area contributed by atoms with E-state index < -0.39 is 6.43 Å². The van der Waals surface area contributed by atoms with Crippen LogP contribution in [0.4, 0.5) is 8.78 Å². The molecule has 4 nitrogen and oxygen atoms in total. The molecular weight excluding hydrogens is 473 g/mol. The van der Waals surface area contributed by atoms with Gasteiger partial charge in [-0.3, -0.25) is 9.89 Å². The summed E-state index contributed by atoms with van der Waals surface area (Å²) in [6, 6.07) is 10.9. The highest BCUT2D eigenvalue weighted by Gasteiger charge is 2.29.